The summed E-state index contributed by atoms with van der Waals surface area (Å²) in [5.74, 6) is 1.70. The van der Waals surface area contributed by atoms with Crippen molar-refractivity contribution in [1.82, 2.24) is 9.80 Å². The number of carbonyl (C=O) groups is 1. The lowest BCUT2D eigenvalue weighted by Crippen LogP contribution is -2.48. The Bertz CT molecular complexity index is 978. The van der Waals surface area contributed by atoms with Crippen molar-refractivity contribution in [3.8, 4) is 5.75 Å². The maximum Gasteiger partial charge on any atom is 0.253 e. The van der Waals surface area contributed by atoms with Crippen LogP contribution in [0.2, 0.25) is 5.02 Å². The van der Waals surface area contributed by atoms with Crippen molar-refractivity contribution in [3.05, 3.63) is 88.3 Å². The minimum Gasteiger partial charge on any atom is -0.487 e. The van der Waals surface area contributed by atoms with Gasteiger partial charge < -0.3 is 14.1 Å². The van der Waals surface area contributed by atoms with E-state index >= 15 is 0 Å². The maximum atomic E-state index is 12.8. The van der Waals surface area contributed by atoms with Crippen LogP contribution in [0.25, 0.3) is 0 Å². The van der Waals surface area contributed by atoms with Gasteiger partial charge in [-0.2, -0.15) is 0 Å². The van der Waals surface area contributed by atoms with Crippen molar-refractivity contribution >= 4 is 17.5 Å². The zero-order chi connectivity index (χ0) is 20.9. The monoisotopic (exact) mass is 424 g/mol. The normalized spacial score (nSPS) is 14.7. The SMILES string of the molecule is Cc1ccc(Cl)c(OCc2ccc(C(=O)N3CCN(Cc4ccco4)CC3)cc2)c1. The van der Waals surface area contributed by atoms with Gasteiger partial charge in [-0.05, 0) is 54.4 Å². The topological polar surface area (TPSA) is 45.9 Å². The first-order valence-corrected chi connectivity index (χ1v) is 10.5. The lowest BCUT2D eigenvalue weighted by atomic mass is 10.1. The lowest BCUT2D eigenvalue weighted by Gasteiger charge is -2.34. The van der Waals surface area contributed by atoms with E-state index in [4.69, 9.17) is 20.8 Å². The Hall–Kier alpha value is -2.76. The highest BCUT2D eigenvalue weighted by atomic mass is 35.5. The van der Waals surface area contributed by atoms with Crippen LogP contribution < -0.4 is 4.74 Å². The molecule has 0 N–H and O–H groups in total. The smallest absolute Gasteiger partial charge is 0.253 e. The summed E-state index contributed by atoms with van der Waals surface area (Å²) in [6.45, 7) is 6.32. The largest absolute Gasteiger partial charge is 0.487 e. The third-order valence-corrected chi connectivity index (χ3v) is 5.61. The second-order valence-corrected chi connectivity index (χ2v) is 7.97. The van der Waals surface area contributed by atoms with Crippen LogP contribution in [-0.4, -0.2) is 41.9 Å². The third kappa shape index (κ3) is 5.04. The second-order valence-electron chi connectivity index (χ2n) is 7.57. The molecule has 1 fully saturated rings. The fraction of sp³-hybridized carbons (Fsp3) is 0.292. The molecule has 5 nitrogen and oxygen atoms in total. The number of benzene rings is 2. The summed E-state index contributed by atoms with van der Waals surface area (Å²) >= 11 is 6.18. The molecule has 0 atom stereocenters. The number of carbonyl (C=O) groups excluding carboxylic acids is 1. The van der Waals surface area contributed by atoms with Crippen LogP contribution in [0.4, 0.5) is 0 Å². The Kier molecular flexibility index (Phi) is 6.41. The summed E-state index contributed by atoms with van der Waals surface area (Å²) < 4.78 is 11.2. The van der Waals surface area contributed by atoms with Gasteiger partial charge in [0.1, 0.15) is 18.1 Å². The lowest BCUT2D eigenvalue weighted by molar-refractivity contribution is 0.0620. The number of hydrogen-bond donors (Lipinski definition) is 0. The fourth-order valence-electron chi connectivity index (χ4n) is 3.54. The molecule has 1 saturated heterocycles. The molecule has 6 heteroatoms. The molecular formula is C24H25ClN2O3. The molecule has 4 rings (SSSR count). The van der Waals surface area contributed by atoms with Crippen LogP contribution in [0.3, 0.4) is 0 Å². The summed E-state index contributed by atoms with van der Waals surface area (Å²) in [6.07, 6.45) is 1.69. The van der Waals surface area contributed by atoms with Crippen molar-refractivity contribution in [3.63, 3.8) is 0 Å². The van der Waals surface area contributed by atoms with E-state index in [1.165, 1.54) is 0 Å². The molecule has 2 heterocycles. The first kappa shape index (κ1) is 20.5. The molecule has 0 radical (unpaired) electrons. The number of amides is 1. The molecule has 1 amide bonds. The predicted octanol–water partition coefficient (Wildman–Crippen LogP) is 4.78. The number of rotatable bonds is 6. The van der Waals surface area contributed by atoms with Gasteiger partial charge in [-0.1, -0.05) is 29.8 Å². The van der Waals surface area contributed by atoms with Crippen LogP contribution in [0.5, 0.6) is 5.75 Å². The average Bonchev–Trinajstić information content (AvgIpc) is 3.28. The minimum atomic E-state index is 0.0712. The quantitative estimate of drug-likeness (QED) is 0.571. The molecule has 0 saturated carbocycles. The number of furan rings is 1. The van der Waals surface area contributed by atoms with Crippen molar-refractivity contribution in [2.24, 2.45) is 0 Å². The van der Waals surface area contributed by atoms with Gasteiger partial charge in [0.2, 0.25) is 0 Å². The number of aryl methyl sites for hydroxylation is 1. The highest BCUT2D eigenvalue weighted by molar-refractivity contribution is 6.32. The van der Waals surface area contributed by atoms with Crippen LogP contribution >= 0.6 is 11.6 Å². The summed E-state index contributed by atoms with van der Waals surface area (Å²) in [4.78, 5) is 17.1. The van der Waals surface area contributed by atoms with Gasteiger partial charge in [-0.25, -0.2) is 0 Å². The van der Waals surface area contributed by atoms with Crippen molar-refractivity contribution in [2.45, 2.75) is 20.1 Å². The van der Waals surface area contributed by atoms with E-state index in [0.29, 0.717) is 22.9 Å². The van der Waals surface area contributed by atoms with Crippen LogP contribution in [0.1, 0.15) is 27.2 Å². The first-order valence-electron chi connectivity index (χ1n) is 10.1. The van der Waals surface area contributed by atoms with E-state index in [1.807, 2.05) is 66.4 Å². The molecule has 0 spiro atoms. The molecule has 156 valence electrons. The van der Waals surface area contributed by atoms with Gasteiger partial charge in [0.15, 0.2) is 0 Å². The van der Waals surface area contributed by atoms with Gasteiger partial charge in [0, 0.05) is 31.7 Å². The van der Waals surface area contributed by atoms with Crippen LogP contribution in [-0.2, 0) is 13.2 Å². The fourth-order valence-corrected chi connectivity index (χ4v) is 3.71. The molecule has 0 bridgehead atoms. The van der Waals surface area contributed by atoms with E-state index < -0.39 is 0 Å². The van der Waals surface area contributed by atoms with E-state index in [0.717, 1.165) is 49.6 Å². The van der Waals surface area contributed by atoms with E-state index in [2.05, 4.69) is 4.90 Å². The van der Waals surface area contributed by atoms with Crippen LogP contribution in [0.15, 0.2) is 65.3 Å². The highest BCUT2D eigenvalue weighted by Gasteiger charge is 2.22. The average molecular weight is 425 g/mol. The Balaban J connectivity index is 1.29. The molecule has 2 aromatic carbocycles. The number of halogens is 1. The third-order valence-electron chi connectivity index (χ3n) is 5.30. The molecule has 0 aliphatic carbocycles. The van der Waals surface area contributed by atoms with E-state index in [9.17, 15) is 4.79 Å². The van der Waals surface area contributed by atoms with E-state index in [-0.39, 0.29) is 5.91 Å². The van der Waals surface area contributed by atoms with Gasteiger partial charge in [0.25, 0.3) is 5.91 Å². The highest BCUT2D eigenvalue weighted by Crippen LogP contribution is 2.26. The van der Waals surface area contributed by atoms with Crippen LogP contribution in [0, 0.1) is 6.92 Å². The summed E-state index contributed by atoms with van der Waals surface area (Å²) in [7, 11) is 0. The molecule has 1 aliphatic rings. The zero-order valence-corrected chi connectivity index (χ0v) is 17.8. The number of piperazine rings is 1. The maximum absolute atomic E-state index is 12.8. The van der Waals surface area contributed by atoms with Crippen molar-refractivity contribution < 1.29 is 13.9 Å². The minimum absolute atomic E-state index is 0.0712. The van der Waals surface area contributed by atoms with Crippen molar-refractivity contribution in [1.29, 1.82) is 0 Å². The summed E-state index contributed by atoms with van der Waals surface area (Å²) in [5, 5.41) is 0.596. The molecule has 3 aromatic rings. The number of ether oxygens (including phenoxy) is 1. The molecular weight excluding hydrogens is 400 g/mol. The summed E-state index contributed by atoms with van der Waals surface area (Å²) in [6, 6.07) is 17.2. The Labute approximate surface area is 181 Å². The van der Waals surface area contributed by atoms with Gasteiger partial charge >= 0.3 is 0 Å². The molecule has 30 heavy (non-hydrogen) atoms. The second kappa shape index (κ2) is 9.37. The van der Waals surface area contributed by atoms with E-state index in [1.54, 1.807) is 6.26 Å². The Morgan fingerprint density at radius 1 is 1.07 bits per heavy atom. The Morgan fingerprint density at radius 2 is 1.83 bits per heavy atom. The van der Waals surface area contributed by atoms with Gasteiger partial charge in [0.05, 0.1) is 17.8 Å². The van der Waals surface area contributed by atoms with Gasteiger partial charge in [-0.3, -0.25) is 9.69 Å². The van der Waals surface area contributed by atoms with Crippen molar-refractivity contribution in [2.75, 3.05) is 26.2 Å². The standard InChI is InChI=1S/C24H25ClN2O3/c1-18-4-9-22(25)23(15-18)30-17-19-5-7-20(8-6-19)24(28)27-12-10-26(11-13-27)16-21-3-2-14-29-21/h2-9,14-15H,10-13,16-17H2,1H3. The number of hydrogen-bond acceptors (Lipinski definition) is 4. The molecule has 1 aliphatic heterocycles. The molecule has 0 unspecified atom stereocenters. The van der Waals surface area contributed by atoms with Gasteiger partial charge in [-0.15, -0.1) is 0 Å². The zero-order valence-electron chi connectivity index (χ0n) is 17.0. The number of nitrogens with zero attached hydrogens (tertiary/aromatic N) is 2. The first-order chi connectivity index (χ1) is 14.6. The Morgan fingerprint density at radius 3 is 2.53 bits per heavy atom. The molecule has 1 aromatic heterocycles. The predicted molar refractivity (Wildman–Crippen MR) is 117 cm³/mol. The summed E-state index contributed by atoms with van der Waals surface area (Å²) in [5.41, 5.74) is 2.79.